The summed E-state index contributed by atoms with van der Waals surface area (Å²) in [6.45, 7) is 3.66. The summed E-state index contributed by atoms with van der Waals surface area (Å²) in [6.07, 6.45) is 4.47. The summed E-state index contributed by atoms with van der Waals surface area (Å²) < 4.78 is 1.95. The lowest BCUT2D eigenvalue weighted by Gasteiger charge is -2.01. The normalized spacial score (nSPS) is 13.2. The molecule has 0 radical (unpaired) electrons. The van der Waals surface area contributed by atoms with E-state index in [1.165, 1.54) is 0 Å². The number of aliphatic carboxylic acids is 1. The molecule has 80 valence electrons. The first-order valence-electron chi connectivity index (χ1n) is 4.73. The third-order valence-corrected chi connectivity index (χ3v) is 3.27. The zero-order valence-corrected chi connectivity index (χ0v) is 9.41. The van der Waals surface area contributed by atoms with E-state index in [1.807, 2.05) is 23.7 Å². The number of hydrogen-bond donors (Lipinski definition) is 1. The van der Waals surface area contributed by atoms with Gasteiger partial charge in [0.05, 0.1) is 11.6 Å². The quantitative estimate of drug-likeness (QED) is 0.867. The second-order valence-corrected chi connectivity index (χ2v) is 4.81. The molecule has 15 heavy (non-hydrogen) atoms. The Morgan fingerprint density at radius 1 is 1.67 bits per heavy atom. The first kappa shape index (κ1) is 10.2. The molecule has 0 amide bonds. The molecule has 2 aromatic rings. The first-order chi connectivity index (χ1) is 7.06. The minimum absolute atomic E-state index is 0.338. The fourth-order valence-corrected chi connectivity index (χ4v) is 2.58. The molecule has 1 N–H and O–H groups in total. The largest absolute Gasteiger partial charge is 0.481 e. The van der Waals surface area contributed by atoms with Crippen molar-refractivity contribution in [1.29, 1.82) is 0 Å². The molecule has 0 saturated carbocycles. The second kappa shape index (κ2) is 3.66. The molecule has 0 fully saturated rings. The van der Waals surface area contributed by atoms with Crippen molar-refractivity contribution in [3.05, 3.63) is 23.0 Å². The summed E-state index contributed by atoms with van der Waals surface area (Å²) in [5.74, 6) is -1.09. The van der Waals surface area contributed by atoms with Gasteiger partial charge in [-0.1, -0.05) is 6.92 Å². The van der Waals surface area contributed by atoms with Crippen molar-refractivity contribution in [2.45, 2.75) is 20.3 Å². The van der Waals surface area contributed by atoms with Crippen LogP contribution in [0.15, 0.2) is 12.4 Å². The fourth-order valence-electron chi connectivity index (χ4n) is 1.44. The molecular formula is C10H12N2O2S. The molecule has 0 spiro atoms. The molecule has 5 heteroatoms. The molecular weight excluding hydrogens is 212 g/mol. The lowest BCUT2D eigenvalue weighted by atomic mass is 10.1. The van der Waals surface area contributed by atoms with Crippen molar-refractivity contribution in [2.24, 2.45) is 5.92 Å². The molecule has 2 rings (SSSR count). The predicted octanol–water partition coefficient (Wildman–Crippen LogP) is 1.97. The maximum Gasteiger partial charge on any atom is 0.306 e. The Labute approximate surface area is 91.2 Å². The molecule has 2 heterocycles. The first-order valence-corrected chi connectivity index (χ1v) is 5.54. The van der Waals surface area contributed by atoms with E-state index in [-0.39, 0.29) is 5.92 Å². The van der Waals surface area contributed by atoms with E-state index in [0.717, 1.165) is 15.5 Å². The monoisotopic (exact) mass is 224 g/mol. The number of carboxylic acids is 1. The molecule has 0 saturated heterocycles. The molecule has 0 aliphatic rings. The van der Waals surface area contributed by atoms with Crippen LogP contribution in [0.2, 0.25) is 0 Å². The fraction of sp³-hybridized carbons (Fsp3) is 0.400. The number of thiazole rings is 1. The molecule has 0 aliphatic heterocycles. The van der Waals surface area contributed by atoms with Crippen molar-refractivity contribution in [1.82, 2.24) is 9.38 Å². The summed E-state index contributed by atoms with van der Waals surface area (Å²) in [6, 6.07) is 0. The van der Waals surface area contributed by atoms with Gasteiger partial charge in [-0.15, -0.1) is 11.3 Å². The Morgan fingerprint density at radius 3 is 3.00 bits per heavy atom. The van der Waals surface area contributed by atoms with Crippen LogP contribution in [0.1, 0.15) is 17.5 Å². The van der Waals surface area contributed by atoms with Crippen LogP contribution >= 0.6 is 11.3 Å². The summed E-state index contributed by atoms with van der Waals surface area (Å²) >= 11 is 1.55. The van der Waals surface area contributed by atoms with Gasteiger partial charge in [-0.3, -0.25) is 9.20 Å². The Hall–Kier alpha value is -1.36. The Bertz CT molecular complexity index is 469. The number of nitrogens with zero attached hydrogens (tertiary/aromatic N) is 2. The minimum atomic E-state index is -0.753. The number of carbonyl (C=O) groups is 1. The van der Waals surface area contributed by atoms with Crippen LogP contribution in [0.4, 0.5) is 0 Å². The third kappa shape index (κ3) is 2.02. The van der Waals surface area contributed by atoms with Crippen molar-refractivity contribution in [2.75, 3.05) is 0 Å². The third-order valence-electron chi connectivity index (χ3n) is 2.25. The van der Waals surface area contributed by atoms with Gasteiger partial charge in [0.25, 0.3) is 0 Å². The number of fused-ring (bicyclic) bond motifs is 1. The van der Waals surface area contributed by atoms with Gasteiger partial charge in [0.1, 0.15) is 0 Å². The van der Waals surface area contributed by atoms with Crippen LogP contribution in [0.3, 0.4) is 0 Å². The highest BCUT2D eigenvalue weighted by atomic mass is 32.1. The van der Waals surface area contributed by atoms with E-state index >= 15 is 0 Å². The van der Waals surface area contributed by atoms with E-state index in [2.05, 4.69) is 4.98 Å². The van der Waals surface area contributed by atoms with Crippen molar-refractivity contribution >= 4 is 22.3 Å². The highest BCUT2D eigenvalue weighted by Crippen LogP contribution is 2.20. The van der Waals surface area contributed by atoms with Crippen molar-refractivity contribution in [3.8, 4) is 0 Å². The summed E-state index contributed by atoms with van der Waals surface area (Å²) in [5.41, 5.74) is 0.985. The zero-order valence-electron chi connectivity index (χ0n) is 8.60. The SMILES string of the molecule is Cc1cn2cc(CC(C)C(=O)O)sc2n1. The number of imidazole rings is 1. The molecule has 0 aromatic carbocycles. The second-order valence-electron chi connectivity index (χ2n) is 3.71. The zero-order chi connectivity index (χ0) is 11.0. The molecule has 4 nitrogen and oxygen atoms in total. The van der Waals surface area contributed by atoms with Gasteiger partial charge >= 0.3 is 5.97 Å². The lowest BCUT2D eigenvalue weighted by molar-refractivity contribution is -0.141. The highest BCUT2D eigenvalue weighted by Gasteiger charge is 2.14. The van der Waals surface area contributed by atoms with Crippen LogP contribution in [0.25, 0.3) is 4.96 Å². The molecule has 0 bridgehead atoms. The average molecular weight is 224 g/mol. The van der Waals surface area contributed by atoms with E-state index in [4.69, 9.17) is 5.11 Å². The lowest BCUT2D eigenvalue weighted by Crippen LogP contribution is -2.11. The Kier molecular flexibility index (Phi) is 2.48. The summed E-state index contributed by atoms with van der Waals surface area (Å²) in [7, 11) is 0. The van der Waals surface area contributed by atoms with Crippen LogP contribution in [-0.4, -0.2) is 20.5 Å². The maximum atomic E-state index is 10.7. The minimum Gasteiger partial charge on any atom is -0.481 e. The van der Waals surface area contributed by atoms with Gasteiger partial charge in [-0.2, -0.15) is 0 Å². The summed E-state index contributed by atoms with van der Waals surface area (Å²) in [5, 5.41) is 8.80. The standard InChI is InChI=1S/C10H12N2O2S/c1-6(9(13)14)3-8-5-12-4-7(2)11-10(12)15-8/h4-6H,3H2,1-2H3,(H,13,14). The predicted molar refractivity (Wildman–Crippen MR) is 58.3 cm³/mol. The smallest absolute Gasteiger partial charge is 0.306 e. The number of carboxylic acid groups (broad SMARTS) is 1. The topological polar surface area (TPSA) is 54.6 Å². The van der Waals surface area contributed by atoms with E-state index in [9.17, 15) is 4.79 Å². The van der Waals surface area contributed by atoms with Gasteiger partial charge in [0.15, 0.2) is 4.96 Å². The van der Waals surface area contributed by atoms with E-state index in [1.54, 1.807) is 18.3 Å². The van der Waals surface area contributed by atoms with Crippen LogP contribution < -0.4 is 0 Å². The molecule has 0 aliphatic carbocycles. The van der Waals surface area contributed by atoms with Gasteiger partial charge in [-0.25, -0.2) is 4.98 Å². The molecule has 1 unspecified atom stereocenters. The molecule has 1 atom stereocenters. The number of rotatable bonds is 3. The van der Waals surface area contributed by atoms with Crippen LogP contribution in [0, 0.1) is 12.8 Å². The molecule has 2 aromatic heterocycles. The van der Waals surface area contributed by atoms with Gasteiger partial charge in [-0.05, 0) is 13.3 Å². The van der Waals surface area contributed by atoms with Gasteiger partial charge in [0.2, 0.25) is 0 Å². The van der Waals surface area contributed by atoms with Crippen LogP contribution in [-0.2, 0) is 11.2 Å². The van der Waals surface area contributed by atoms with Gasteiger partial charge in [0, 0.05) is 17.3 Å². The summed E-state index contributed by atoms with van der Waals surface area (Å²) in [4.78, 5) is 17.0. The number of hydrogen-bond acceptors (Lipinski definition) is 3. The highest BCUT2D eigenvalue weighted by molar-refractivity contribution is 7.17. The number of aromatic nitrogens is 2. The van der Waals surface area contributed by atoms with Crippen molar-refractivity contribution < 1.29 is 9.90 Å². The van der Waals surface area contributed by atoms with Crippen LogP contribution in [0.5, 0.6) is 0 Å². The van der Waals surface area contributed by atoms with E-state index < -0.39 is 5.97 Å². The number of aryl methyl sites for hydroxylation is 1. The Balaban J connectivity index is 2.22. The Morgan fingerprint density at radius 2 is 2.40 bits per heavy atom. The van der Waals surface area contributed by atoms with E-state index in [0.29, 0.717) is 6.42 Å². The average Bonchev–Trinajstić information content (AvgIpc) is 2.60. The van der Waals surface area contributed by atoms with Gasteiger partial charge < -0.3 is 5.11 Å². The maximum absolute atomic E-state index is 10.7. The van der Waals surface area contributed by atoms with Crippen molar-refractivity contribution in [3.63, 3.8) is 0 Å².